The molecule has 5 heteroatoms. The van der Waals surface area contributed by atoms with Crippen molar-refractivity contribution < 1.29 is 14.3 Å². The van der Waals surface area contributed by atoms with Gasteiger partial charge in [-0.2, -0.15) is 0 Å². The van der Waals surface area contributed by atoms with Gasteiger partial charge in [0, 0.05) is 19.8 Å². The number of carbonyl (C=O) groups excluding carboxylic acids is 1. The lowest BCUT2D eigenvalue weighted by Crippen LogP contribution is -2.49. The molecule has 22 heavy (non-hydrogen) atoms. The predicted octanol–water partition coefficient (Wildman–Crippen LogP) is 2.63. The molecule has 0 aromatic rings. The fraction of sp³-hybridized carbons (Fsp3) is 0.941. The third-order valence-corrected chi connectivity index (χ3v) is 3.66. The summed E-state index contributed by atoms with van der Waals surface area (Å²) in [6.07, 6.45) is 1.34. The van der Waals surface area contributed by atoms with Gasteiger partial charge >= 0.3 is 0 Å². The lowest BCUT2D eigenvalue weighted by Gasteiger charge is -2.31. The van der Waals surface area contributed by atoms with Crippen LogP contribution in [0.25, 0.3) is 0 Å². The second kappa shape index (κ2) is 11.9. The molecule has 0 saturated heterocycles. The van der Waals surface area contributed by atoms with Crippen molar-refractivity contribution in [2.75, 3.05) is 26.3 Å². The summed E-state index contributed by atoms with van der Waals surface area (Å²) in [7, 11) is 0. The Morgan fingerprint density at radius 3 is 2.00 bits per heavy atom. The minimum atomic E-state index is -0.451. The van der Waals surface area contributed by atoms with Crippen molar-refractivity contribution >= 4 is 5.91 Å². The highest BCUT2D eigenvalue weighted by Crippen LogP contribution is 2.12. The number of amides is 1. The molecule has 0 aromatic carbocycles. The molecule has 0 aliphatic rings. The van der Waals surface area contributed by atoms with E-state index < -0.39 is 6.04 Å². The molecule has 2 atom stereocenters. The highest BCUT2D eigenvalue weighted by atomic mass is 16.7. The first-order valence-electron chi connectivity index (χ1n) is 8.63. The standard InChI is InChI=1S/C17H36N2O3/c1-7-14(6)11-19(12-16(21-8-2)22-9-3)17(20)15(18)10-13(4)5/h13-16H,7-12,18H2,1-6H3. The number of hydrogen-bond acceptors (Lipinski definition) is 4. The third-order valence-electron chi connectivity index (χ3n) is 3.66. The summed E-state index contributed by atoms with van der Waals surface area (Å²) in [5.41, 5.74) is 6.09. The van der Waals surface area contributed by atoms with Gasteiger partial charge in [0.2, 0.25) is 5.91 Å². The molecule has 0 spiro atoms. The van der Waals surface area contributed by atoms with Gasteiger partial charge in [-0.1, -0.05) is 34.1 Å². The Morgan fingerprint density at radius 1 is 1.05 bits per heavy atom. The number of rotatable bonds is 12. The highest BCUT2D eigenvalue weighted by Gasteiger charge is 2.26. The van der Waals surface area contributed by atoms with Crippen LogP contribution in [0.2, 0.25) is 0 Å². The SMILES string of the molecule is CCOC(CN(CC(C)CC)C(=O)C(N)CC(C)C)OCC. The molecular weight excluding hydrogens is 280 g/mol. The summed E-state index contributed by atoms with van der Waals surface area (Å²) in [5.74, 6) is 0.830. The van der Waals surface area contributed by atoms with Crippen LogP contribution in [0.3, 0.4) is 0 Å². The molecule has 0 saturated carbocycles. The van der Waals surface area contributed by atoms with Crippen LogP contribution in [0.5, 0.6) is 0 Å². The van der Waals surface area contributed by atoms with E-state index in [0.29, 0.717) is 44.6 Å². The van der Waals surface area contributed by atoms with Crippen molar-refractivity contribution in [2.24, 2.45) is 17.6 Å². The summed E-state index contributed by atoms with van der Waals surface area (Å²) in [4.78, 5) is 14.5. The molecule has 0 heterocycles. The predicted molar refractivity (Wildman–Crippen MR) is 90.5 cm³/mol. The Bertz CT molecular complexity index is 292. The van der Waals surface area contributed by atoms with E-state index in [2.05, 4.69) is 27.7 Å². The number of nitrogens with two attached hydrogens (primary N) is 1. The second-order valence-corrected chi connectivity index (χ2v) is 6.33. The second-order valence-electron chi connectivity index (χ2n) is 6.33. The van der Waals surface area contributed by atoms with Gasteiger partial charge in [0.05, 0.1) is 12.6 Å². The fourth-order valence-corrected chi connectivity index (χ4v) is 2.31. The number of nitrogens with zero attached hydrogens (tertiary/aromatic N) is 1. The number of hydrogen-bond donors (Lipinski definition) is 1. The topological polar surface area (TPSA) is 64.8 Å². The minimum Gasteiger partial charge on any atom is -0.351 e. The molecule has 2 unspecified atom stereocenters. The molecule has 0 aliphatic carbocycles. The maximum atomic E-state index is 12.7. The van der Waals surface area contributed by atoms with E-state index in [0.717, 1.165) is 6.42 Å². The molecule has 5 nitrogen and oxygen atoms in total. The fourth-order valence-electron chi connectivity index (χ4n) is 2.31. The Balaban J connectivity index is 4.88. The monoisotopic (exact) mass is 316 g/mol. The summed E-state index contributed by atoms with van der Waals surface area (Å²) in [6.45, 7) is 14.5. The Hall–Kier alpha value is -0.650. The highest BCUT2D eigenvalue weighted by molar-refractivity contribution is 5.81. The van der Waals surface area contributed by atoms with E-state index in [4.69, 9.17) is 15.2 Å². The van der Waals surface area contributed by atoms with E-state index in [9.17, 15) is 4.79 Å². The molecule has 0 aromatic heterocycles. The zero-order valence-electron chi connectivity index (χ0n) is 15.3. The summed E-state index contributed by atoms with van der Waals surface area (Å²) >= 11 is 0. The van der Waals surface area contributed by atoms with Gasteiger partial charge in [0.25, 0.3) is 0 Å². The average Bonchev–Trinajstić information content (AvgIpc) is 2.45. The number of carbonyl (C=O) groups is 1. The van der Waals surface area contributed by atoms with E-state index in [-0.39, 0.29) is 12.2 Å². The normalized spacial score (nSPS) is 14.4. The molecule has 0 rings (SSSR count). The van der Waals surface area contributed by atoms with Crippen molar-refractivity contribution in [3.8, 4) is 0 Å². The van der Waals surface area contributed by atoms with Crippen LogP contribution in [-0.2, 0) is 14.3 Å². The lowest BCUT2D eigenvalue weighted by molar-refractivity contribution is -0.160. The Kier molecular flexibility index (Phi) is 11.5. The molecule has 0 bridgehead atoms. The summed E-state index contributed by atoms with van der Waals surface area (Å²) in [6, 6.07) is -0.451. The zero-order valence-corrected chi connectivity index (χ0v) is 15.3. The van der Waals surface area contributed by atoms with Crippen molar-refractivity contribution in [1.29, 1.82) is 0 Å². The molecule has 0 aliphatic heterocycles. The zero-order chi connectivity index (χ0) is 17.1. The third kappa shape index (κ3) is 8.71. The van der Waals surface area contributed by atoms with E-state index >= 15 is 0 Å². The average molecular weight is 316 g/mol. The molecule has 132 valence electrons. The maximum absolute atomic E-state index is 12.7. The van der Waals surface area contributed by atoms with Crippen molar-refractivity contribution in [2.45, 2.75) is 66.7 Å². The quantitative estimate of drug-likeness (QED) is 0.562. The van der Waals surface area contributed by atoms with Gasteiger partial charge < -0.3 is 20.1 Å². The van der Waals surface area contributed by atoms with Gasteiger partial charge in [-0.05, 0) is 32.1 Å². The maximum Gasteiger partial charge on any atom is 0.239 e. The Labute approximate surface area is 136 Å². The van der Waals surface area contributed by atoms with Crippen LogP contribution in [0.4, 0.5) is 0 Å². The largest absolute Gasteiger partial charge is 0.351 e. The van der Waals surface area contributed by atoms with E-state index in [1.807, 2.05) is 18.7 Å². The van der Waals surface area contributed by atoms with Gasteiger partial charge in [0.1, 0.15) is 0 Å². The van der Waals surface area contributed by atoms with Gasteiger partial charge in [-0.25, -0.2) is 0 Å². The Morgan fingerprint density at radius 2 is 1.59 bits per heavy atom. The minimum absolute atomic E-state index is 0.00148. The molecule has 0 radical (unpaired) electrons. The number of ether oxygens (including phenoxy) is 2. The van der Waals surface area contributed by atoms with Crippen LogP contribution in [0.1, 0.15) is 54.4 Å². The molecule has 2 N–H and O–H groups in total. The summed E-state index contributed by atoms with van der Waals surface area (Å²) < 4.78 is 11.2. The van der Waals surface area contributed by atoms with Crippen molar-refractivity contribution in [1.82, 2.24) is 4.90 Å². The van der Waals surface area contributed by atoms with Gasteiger partial charge in [0.15, 0.2) is 6.29 Å². The first kappa shape index (κ1) is 21.4. The molecule has 1 amide bonds. The summed E-state index contributed by atoms with van der Waals surface area (Å²) in [5, 5.41) is 0. The first-order valence-corrected chi connectivity index (χ1v) is 8.63. The molecule has 0 fully saturated rings. The molecular formula is C17H36N2O3. The van der Waals surface area contributed by atoms with Crippen LogP contribution in [0, 0.1) is 11.8 Å². The van der Waals surface area contributed by atoms with Crippen LogP contribution in [0.15, 0.2) is 0 Å². The first-order chi connectivity index (χ1) is 10.3. The van der Waals surface area contributed by atoms with Crippen LogP contribution < -0.4 is 5.73 Å². The lowest BCUT2D eigenvalue weighted by atomic mass is 10.0. The van der Waals surface area contributed by atoms with E-state index in [1.54, 1.807) is 0 Å². The van der Waals surface area contributed by atoms with E-state index in [1.165, 1.54) is 0 Å². The van der Waals surface area contributed by atoms with Crippen LogP contribution >= 0.6 is 0 Å². The van der Waals surface area contributed by atoms with Crippen LogP contribution in [-0.4, -0.2) is 49.4 Å². The van der Waals surface area contributed by atoms with Gasteiger partial charge in [-0.3, -0.25) is 4.79 Å². The van der Waals surface area contributed by atoms with Gasteiger partial charge in [-0.15, -0.1) is 0 Å². The smallest absolute Gasteiger partial charge is 0.239 e. The van der Waals surface area contributed by atoms with Crippen molar-refractivity contribution in [3.05, 3.63) is 0 Å². The van der Waals surface area contributed by atoms with Crippen molar-refractivity contribution in [3.63, 3.8) is 0 Å².